The zero-order chi connectivity index (χ0) is 12.4. The van der Waals surface area contributed by atoms with Gasteiger partial charge in [-0.3, -0.25) is 0 Å². The van der Waals surface area contributed by atoms with Crippen LogP contribution < -0.4 is 11.1 Å². The molecule has 2 nitrogen and oxygen atoms in total. The number of nitrogens with one attached hydrogen (secondary N) is 1. The fourth-order valence-corrected chi connectivity index (χ4v) is 1.62. The van der Waals surface area contributed by atoms with Crippen molar-refractivity contribution in [1.82, 2.24) is 0 Å². The second-order valence-corrected chi connectivity index (χ2v) is 4.16. The van der Waals surface area contributed by atoms with Crippen molar-refractivity contribution < 1.29 is 4.39 Å². The lowest BCUT2D eigenvalue weighted by Crippen LogP contribution is -1.97. The number of hydrogen-bond donors (Lipinski definition) is 2. The first kappa shape index (κ1) is 11.5. The lowest BCUT2D eigenvalue weighted by molar-refractivity contribution is 0.628. The normalized spacial score (nSPS) is 10.3. The Balaban J connectivity index is 2.28. The first-order valence-corrected chi connectivity index (χ1v) is 5.45. The first-order valence-electron chi connectivity index (χ1n) is 5.45. The van der Waals surface area contributed by atoms with Crippen molar-refractivity contribution in [2.75, 3.05) is 11.1 Å². The predicted molar refractivity (Wildman–Crippen MR) is 70.0 cm³/mol. The van der Waals surface area contributed by atoms with Crippen LogP contribution in [0.2, 0.25) is 0 Å². The molecule has 17 heavy (non-hydrogen) atoms. The summed E-state index contributed by atoms with van der Waals surface area (Å²) in [4.78, 5) is 0. The summed E-state index contributed by atoms with van der Waals surface area (Å²) in [5, 5.41) is 3.18. The van der Waals surface area contributed by atoms with Gasteiger partial charge in [0.25, 0.3) is 0 Å². The van der Waals surface area contributed by atoms with Crippen LogP contribution in [-0.4, -0.2) is 0 Å². The lowest BCUT2D eigenvalue weighted by atomic mass is 10.1. The highest BCUT2D eigenvalue weighted by atomic mass is 19.1. The van der Waals surface area contributed by atoms with Gasteiger partial charge in [0, 0.05) is 5.69 Å². The molecule has 0 saturated carbocycles. The Kier molecular flexibility index (Phi) is 3.00. The molecule has 0 unspecified atom stereocenters. The molecule has 3 heteroatoms. The SMILES string of the molecule is Cc1ccc(Nc2ccc(F)cc2N)cc1C. The summed E-state index contributed by atoms with van der Waals surface area (Å²) in [5.74, 6) is -0.326. The van der Waals surface area contributed by atoms with E-state index >= 15 is 0 Å². The molecule has 2 aromatic carbocycles. The van der Waals surface area contributed by atoms with Gasteiger partial charge in [0.2, 0.25) is 0 Å². The fraction of sp³-hybridized carbons (Fsp3) is 0.143. The van der Waals surface area contributed by atoms with E-state index < -0.39 is 0 Å². The van der Waals surface area contributed by atoms with Crippen molar-refractivity contribution in [3.63, 3.8) is 0 Å². The standard InChI is InChI=1S/C14H15FN2/c1-9-3-5-12(7-10(9)2)17-14-6-4-11(15)8-13(14)16/h3-8,17H,16H2,1-2H3. The second kappa shape index (κ2) is 4.45. The van der Waals surface area contributed by atoms with Crippen molar-refractivity contribution in [3.8, 4) is 0 Å². The predicted octanol–water partition coefficient (Wildman–Crippen LogP) is 3.77. The van der Waals surface area contributed by atoms with Gasteiger partial charge in [-0.15, -0.1) is 0 Å². The molecule has 2 rings (SSSR count). The van der Waals surface area contributed by atoms with Crippen LogP contribution in [0.4, 0.5) is 21.5 Å². The zero-order valence-corrected chi connectivity index (χ0v) is 9.92. The summed E-state index contributed by atoms with van der Waals surface area (Å²) in [6.07, 6.45) is 0. The average molecular weight is 230 g/mol. The van der Waals surface area contributed by atoms with Crippen molar-refractivity contribution in [2.24, 2.45) is 0 Å². The third-order valence-corrected chi connectivity index (χ3v) is 2.80. The molecule has 2 aromatic rings. The Morgan fingerprint density at radius 3 is 2.41 bits per heavy atom. The van der Waals surface area contributed by atoms with Gasteiger partial charge >= 0.3 is 0 Å². The molecular formula is C14H15FN2. The summed E-state index contributed by atoms with van der Waals surface area (Å²) < 4.78 is 12.9. The van der Waals surface area contributed by atoms with E-state index in [-0.39, 0.29) is 5.82 Å². The molecule has 0 saturated heterocycles. The van der Waals surface area contributed by atoms with Crippen LogP contribution in [0.1, 0.15) is 11.1 Å². The molecule has 0 aromatic heterocycles. The number of rotatable bonds is 2. The van der Waals surface area contributed by atoms with E-state index in [1.54, 1.807) is 6.07 Å². The topological polar surface area (TPSA) is 38.0 Å². The van der Waals surface area contributed by atoms with Crippen LogP contribution in [0.25, 0.3) is 0 Å². The Labute approximate surface area is 100 Å². The van der Waals surface area contributed by atoms with Gasteiger partial charge < -0.3 is 11.1 Å². The highest BCUT2D eigenvalue weighted by molar-refractivity contribution is 5.72. The van der Waals surface area contributed by atoms with Crippen LogP contribution in [0.5, 0.6) is 0 Å². The molecule has 0 radical (unpaired) electrons. The molecule has 0 bridgehead atoms. The van der Waals surface area contributed by atoms with Crippen LogP contribution in [0, 0.1) is 19.7 Å². The molecule has 3 N–H and O–H groups in total. The molecule has 0 atom stereocenters. The van der Waals surface area contributed by atoms with Gasteiger partial charge in [-0.05, 0) is 55.3 Å². The Bertz CT molecular complexity index is 550. The average Bonchev–Trinajstić information content (AvgIpc) is 2.27. The minimum Gasteiger partial charge on any atom is -0.397 e. The smallest absolute Gasteiger partial charge is 0.125 e. The number of halogens is 1. The minimum absolute atomic E-state index is 0.326. The number of benzene rings is 2. The van der Waals surface area contributed by atoms with Crippen LogP contribution in [0.15, 0.2) is 36.4 Å². The Hall–Kier alpha value is -2.03. The van der Waals surface area contributed by atoms with Crippen LogP contribution in [0.3, 0.4) is 0 Å². The van der Waals surface area contributed by atoms with E-state index in [2.05, 4.69) is 19.2 Å². The maximum Gasteiger partial charge on any atom is 0.125 e. The minimum atomic E-state index is -0.326. The number of hydrogen-bond acceptors (Lipinski definition) is 2. The highest BCUT2D eigenvalue weighted by Crippen LogP contribution is 2.24. The Morgan fingerprint density at radius 2 is 1.76 bits per heavy atom. The van der Waals surface area contributed by atoms with Crippen LogP contribution in [-0.2, 0) is 0 Å². The molecule has 0 fully saturated rings. The maximum atomic E-state index is 12.9. The lowest BCUT2D eigenvalue weighted by Gasteiger charge is -2.10. The summed E-state index contributed by atoms with van der Waals surface area (Å²) in [6, 6.07) is 10.4. The first-order chi connectivity index (χ1) is 8.06. The summed E-state index contributed by atoms with van der Waals surface area (Å²) in [6.45, 7) is 4.11. The molecule has 0 aliphatic heterocycles. The number of aryl methyl sites for hydroxylation is 2. The molecule has 0 aliphatic rings. The zero-order valence-electron chi connectivity index (χ0n) is 9.92. The van der Waals surface area contributed by atoms with Crippen molar-refractivity contribution in [2.45, 2.75) is 13.8 Å². The van der Waals surface area contributed by atoms with E-state index in [0.29, 0.717) is 5.69 Å². The quantitative estimate of drug-likeness (QED) is 0.771. The van der Waals surface area contributed by atoms with E-state index in [4.69, 9.17) is 5.73 Å². The fourth-order valence-electron chi connectivity index (χ4n) is 1.62. The summed E-state index contributed by atoms with van der Waals surface area (Å²) in [7, 11) is 0. The highest BCUT2D eigenvalue weighted by Gasteiger charge is 2.02. The molecule has 0 amide bonds. The summed E-state index contributed by atoms with van der Waals surface area (Å²) in [5.41, 5.74) is 10.3. The van der Waals surface area contributed by atoms with Gasteiger partial charge in [0.15, 0.2) is 0 Å². The maximum absolute atomic E-state index is 12.9. The van der Waals surface area contributed by atoms with Crippen LogP contribution >= 0.6 is 0 Å². The van der Waals surface area contributed by atoms with Gasteiger partial charge in [-0.1, -0.05) is 6.07 Å². The molecule has 0 aliphatic carbocycles. The van der Waals surface area contributed by atoms with E-state index in [1.165, 1.54) is 23.3 Å². The van der Waals surface area contributed by atoms with Crippen molar-refractivity contribution in [1.29, 1.82) is 0 Å². The van der Waals surface area contributed by atoms with Gasteiger partial charge in [-0.2, -0.15) is 0 Å². The number of nitrogens with two attached hydrogens (primary N) is 1. The summed E-state index contributed by atoms with van der Waals surface area (Å²) >= 11 is 0. The largest absolute Gasteiger partial charge is 0.397 e. The third kappa shape index (κ3) is 2.56. The molecule has 0 heterocycles. The van der Waals surface area contributed by atoms with E-state index in [9.17, 15) is 4.39 Å². The van der Waals surface area contributed by atoms with E-state index in [1.807, 2.05) is 18.2 Å². The second-order valence-electron chi connectivity index (χ2n) is 4.16. The molecule has 0 spiro atoms. The Morgan fingerprint density at radius 1 is 1.00 bits per heavy atom. The van der Waals surface area contributed by atoms with E-state index in [0.717, 1.165) is 11.4 Å². The van der Waals surface area contributed by atoms with Crippen molar-refractivity contribution in [3.05, 3.63) is 53.3 Å². The third-order valence-electron chi connectivity index (χ3n) is 2.80. The number of anilines is 3. The van der Waals surface area contributed by atoms with Gasteiger partial charge in [0.05, 0.1) is 11.4 Å². The monoisotopic (exact) mass is 230 g/mol. The van der Waals surface area contributed by atoms with Gasteiger partial charge in [-0.25, -0.2) is 4.39 Å². The van der Waals surface area contributed by atoms with Gasteiger partial charge in [0.1, 0.15) is 5.82 Å². The van der Waals surface area contributed by atoms with Crippen molar-refractivity contribution >= 4 is 17.1 Å². The molecular weight excluding hydrogens is 215 g/mol. The number of nitrogen functional groups attached to an aromatic ring is 1. The molecule has 88 valence electrons.